The second-order valence-corrected chi connectivity index (χ2v) is 6.87. The molecule has 1 unspecified atom stereocenters. The largest absolute Gasteiger partial charge is 0.495 e. The van der Waals surface area contributed by atoms with Crippen molar-refractivity contribution in [3.05, 3.63) is 46.7 Å². The zero-order valence-corrected chi connectivity index (χ0v) is 16.0. The number of morpholine rings is 1. The third-order valence-corrected chi connectivity index (χ3v) is 5.13. The molecule has 8 heteroatoms. The van der Waals surface area contributed by atoms with Crippen LogP contribution in [0.4, 0.5) is 5.69 Å². The molecule has 3 rings (SSSR count). The maximum Gasteiger partial charge on any atom is 0.313 e. The summed E-state index contributed by atoms with van der Waals surface area (Å²) in [4.78, 5) is 26.8. The Morgan fingerprint density at radius 2 is 2.00 bits per heavy atom. The highest BCUT2D eigenvalue weighted by molar-refractivity contribution is 7.08. The standard InChI is InChI=1S/C19H23N3O4S/c1-25-17-5-3-2-4-15(17)21-19(24)18(23)20-12-16(14-6-11-27-13-14)22-7-9-26-10-8-22/h2-6,11,13,16H,7-10,12H2,1H3,(H,20,23)(H,21,24). The lowest BCUT2D eigenvalue weighted by Gasteiger charge is -2.34. The van der Waals surface area contributed by atoms with Crippen LogP contribution in [0, 0.1) is 0 Å². The fourth-order valence-electron chi connectivity index (χ4n) is 3.01. The van der Waals surface area contributed by atoms with Gasteiger partial charge in [-0.3, -0.25) is 14.5 Å². The van der Waals surface area contributed by atoms with E-state index in [9.17, 15) is 9.59 Å². The SMILES string of the molecule is COc1ccccc1NC(=O)C(=O)NCC(c1ccsc1)N1CCOCC1. The van der Waals surface area contributed by atoms with Crippen LogP contribution in [0.1, 0.15) is 11.6 Å². The second kappa shape index (κ2) is 9.50. The number of benzene rings is 1. The Hall–Kier alpha value is -2.42. The summed E-state index contributed by atoms with van der Waals surface area (Å²) in [6, 6.07) is 9.03. The number of carbonyl (C=O) groups excluding carboxylic acids is 2. The van der Waals surface area contributed by atoms with Gasteiger partial charge in [-0.25, -0.2) is 0 Å². The third-order valence-electron chi connectivity index (χ3n) is 4.43. The van der Waals surface area contributed by atoms with Gasteiger partial charge in [0, 0.05) is 19.6 Å². The molecule has 2 amide bonds. The number of carbonyl (C=O) groups is 2. The molecule has 144 valence electrons. The Balaban J connectivity index is 1.60. The molecule has 1 aliphatic heterocycles. The van der Waals surface area contributed by atoms with Crippen LogP contribution in [0.15, 0.2) is 41.1 Å². The quantitative estimate of drug-likeness (QED) is 0.738. The summed E-state index contributed by atoms with van der Waals surface area (Å²) in [7, 11) is 1.51. The van der Waals surface area contributed by atoms with Gasteiger partial charge < -0.3 is 20.1 Å². The van der Waals surface area contributed by atoms with Gasteiger partial charge in [-0.15, -0.1) is 0 Å². The summed E-state index contributed by atoms with van der Waals surface area (Å²) < 4.78 is 10.6. The lowest BCUT2D eigenvalue weighted by atomic mass is 10.1. The highest BCUT2D eigenvalue weighted by Crippen LogP contribution is 2.24. The zero-order chi connectivity index (χ0) is 19.1. The number of anilines is 1. The van der Waals surface area contributed by atoms with Crippen molar-refractivity contribution in [3.8, 4) is 5.75 Å². The average Bonchev–Trinajstić information content (AvgIpc) is 3.23. The summed E-state index contributed by atoms with van der Waals surface area (Å²) >= 11 is 1.61. The topological polar surface area (TPSA) is 79.9 Å². The van der Waals surface area contributed by atoms with Crippen molar-refractivity contribution in [2.75, 3.05) is 45.3 Å². The van der Waals surface area contributed by atoms with Crippen LogP contribution < -0.4 is 15.4 Å². The number of thiophene rings is 1. The summed E-state index contributed by atoms with van der Waals surface area (Å²) in [5.41, 5.74) is 1.59. The molecule has 1 atom stereocenters. The third kappa shape index (κ3) is 5.06. The van der Waals surface area contributed by atoms with E-state index in [1.807, 2.05) is 11.4 Å². The number of hydrogen-bond donors (Lipinski definition) is 2. The first kappa shape index (κ1) is 19.3. The van der Waals surface area contributed by atoms with Gasteiger partial charge in [-0.1, -0.05) is 12.1 Å². The molecule has 1 aromatic heterocycles. The molecule has 1 aromatic carbocycles. The normalized spacial score (nSPS) is 15.7. The first-order valence-corrected chi connectivity index (χ1v) is 9.69. The first-order valence-electron chi connectivity index (χ1n) is 8.75. The zero-order valence-electron chi connectivity index (χ0n) is 15.1. The molecule has 0 aliphatic carbocycles. The van der Waals surface area contributed by atoms with Gasteiger partial charge in [-0.05, 0) is 34.5 Å². The molecule has 0 saturated carbocycles. The number of ether oxygens (including phenoxy) is 2. The molecule has 0 spiro atoms. The molecule has 2 N–H and O–H groups in total. The molecule has 27 heavy (non-hydrogen) atoms. The Morgan fingerprint density at radius 1 is 1.22 bits per heavy atom. The molecule has 2 aromatic rings. The molecule has 1 aliphatic rings. The van der Waals surface area contributed by atoms with Gasteiger partial charge >= 0.3 is 11.8 Å². The summed E-state index contributed by atoms with van der Waals surface area (Å²) in [6.07, 6.45) is 0. The Labute approximate surface area is 162 Å². The smallest absolute Gasteiger partial charge is 0.313 e. The van der Waals surface area contributed by atoms with E-state index < -0.39 is 11.8 Å². The van der Waals surface area contributed by atoms with Crippen molar-refractivity contribution < 1.29 is 19.1 Å². The van der Waals surface area contributed by atoms with Crippen molar-refractivity contribution in [3.63, 3.8) is 0 Å². The number of nitrogens with zero attached hydrogens (tertiary/aromatic N) is 1. The molecule has 2 heterocycles. The lowest BCUT2D eigenvalue weighted by molar-refractivity contribution is -0.136. The van der Waals surface area contributed by atoms with Crippen molar-refractivity contribution in [2.24, 2.45) is 0 Å². The summed E-state index contributed by atoms with van der Waals surface area (Å²) in [6.45, 7) is 3.29. The van der Waals surface area contributed by atoms with Crippen LogP contribution >= 0.6 is 11.3 Å². The van der Waals surface area contributed by atoms with E-state index >= 15 is 0 Å². The maximum atomic E-state index is 12.3. The van der Waals surface area contributed by atoms with Gasteiger partial charge in [-0.2, -0.15) is 11.3 Å². The van der Waals surface area contributed by atoms with Gasteiger partial charge in [0.15, 0.2) is 0 Å². The van der Waals surface area contributed by atoms with Crippen molar-refractivity contribution in [1.29, 1.82) is 0 Å². The molecule has 0 bridgehead atoms. The average molecular weight is 389 g/mol. The fourth-order valence-corrected chi connectivity index (χ4v) is 3.72. The van der Waals surface area contributed by atoms with Gasteiger partial charge in [0.2, 0.25) is 0 Å². The summed E-state index contributed by atoms with van der Waals surface area (Å²) in [5, 5.41) is 9.43. The van der Waals surface area contributed by atoms with E-state index in [2.05, 4.69) is 20.9 Å². The van der Waals surface area contributed by atoms with Crippen LogP contribution in [0.3, 0.4) is 0 Å². The fraction of sp³-hybridized carbons (Fsp3) is 0.368. The van der Waals surface area contributed by atoms with Crippen molar-refractivity contribution >= 4 is 28.8 Å². The van der Waals surface area contributed by atoms with Crippen LogP contribution in [0.2, 0.25) is 0 Å². The van der Waals surface area contributed by atoms with Gasteiger partial charge in [0.05, 0.1) is 32.1 Å². The number of hydrogen-bond acceptors (Lipinski definition) is 6. The first-order chi connectivity index (χ1) is 13.2. The number of methoxy groups -OCH3 is 1. The van der Waals surface area contributed by atoms with Crippen LogP contribution in [0.25, 0.3) is 0 Å². The summed E-state index contributed by atoms with van der Waals surface area (Å²) in [5.74, 6) is -0.886. The number of nitrogens with one attached hydrogen (secondary N) is 2. The minimum absolute atomic E-state index is 0.0168. The number of amides is 2. The predicted octanol–water partition coefficient (Wildman–Crippen LogP) is 1.88. The maximum absolute atomic E-state index is 12.3. The van der Waals surface area contributed by atoms with Crippen molar-refractivity contribution in [2.45, 2.75) is 6.04 Å². The van der Waals surface area contributed by atoms with E-state index in [1.54, 1.807) is 35.6 Å². The molecule has 1 saturated heterocycles. The molecule has 1 fully saturated rings. The number of para-hydroxylation sites is 2. The van der Waals surface area contributed by atoms with Gasteiger partial charge in [0.1, 0.15) is 5.75 Å². The number of rotatable bonds is 6. The van der Waals surface area contributed by atoms with E-state index in [1.165, 1.54) is 7.11 Å². The minimum Gasteiger partial charge on any atom is -0.495 e. The Kier molecular flexibility index (Phi) is 6.80. The van der Waals surface area contributed by atoms with E-state index in [4.69, 9.17) is 9.47 Å². The minimum atomic E-state index is -0.717. The van der Waals surface area contributed by atoms with Crippen LogP contribution in [-0.2, 0) is 14.3 Å². The molecular formula is C19H23N3O4S. The molecule has 7 nitrogen and oxygen atoms in total. The van der Waals surface area contributed by atoms with Gasteiger partial charge in [0.25, 0.3) is 0 Å². The monoisotopic (exact) mass is 389 g/mol. The lowest BCUT2D eigenvalue weighted by Crippen LogP contribution is -2.45. The second-order valence-electron chi connectivity index (χ2n) is 6.09. The van der Waals surface area contributed by atoms with E-state index in [-0.39, 0.29) is 6.04 Å². The van der Waals surface area contributed by atoms with Crippen molar-refractivity contribution in [1.82, 2.24) is 10.2 Å². The highest BCUT2D eigenvalue weighted by atomic mass is 32.1. The predicted molar refractivity (Wildman–Crippen MR) is 104 cm³/mol. The highest BCUT2D eigenvalue weighted by Gasteiger charge is 2.25. The molecule has 0 radical (unpaired) electrons. The van der Waals surface area contributed by atoms with Crippen LogP contribution in [0.5, 0.6) is 5.75 Å². The van der Waals surface area contributed by atoms with Crippen LogP contribution in [-0.4, -0.2) is 56.7 Å². The Bertz CT molecular complexity index is 760. The van der Waals surface area contributed by atoms with E-state index in [0.29, 0.717) is 31.2 Å². The van der Waals surface area contributed by atoms with E-state index in [0.717, 1.165) is 18.7 Å². The molecular weight excluding hydrogens is 366 g/mol. The Morgan fingerprint density at radius 3 is 2.70 bits per heavy atom.